The van der Waals surface area contributed by atoms with Crippen molar-refractivity contribution >= 4 is 5.91 Å². The lowest BCUT2D eigenvalue weighted by atomic mass is 9.99. The average Bonchev–Trinajstić information content (AvgIpc) is 2.90. The van der Waals surface area contributed by atoms with Gasteiger partial charge in [-0.3, -0.25) is 4.79 Å². The molecular formula is C20H18N2O3. The van der Waals surface area contributed by atoms with Gasteiger partial charge in [-0.05, 0) is 24.1 Å². The van der Waals surface area contributed by atoms with Gasteiger partial charge in [-0.2, -0.15) is 5.26 Å². The molecule has 1 amide bonds. The van der Waals surface area contributed by atoms with Gasteiger partial charge in [0.25, 0.3) is 11.9 Å². The molecule has 1 N–H and O–H groups in total. The van der Waals surface area contributed by atoms with Gasteiger partial charge in [-0.1, -0.05) is 48.5 Å². The summed E-state index contributed by atoms with van der Waals surface area (Å²) < 4.78 is 5.13. The van der Waals surface area contributed by atoms with E-state index >= 15 is 0 Å². The molecule has 1 aliphatic rings. The molecule has 0 aliphatic carbocycles. The SMILES string of the molecule is CCO/C(O)=C(/C#N)C1c2ccccc2C(=O)N1Cc1ccccc1. The summed E-state index contributed by atoms with van der Waals surface area (Å²) in [7, 11) is 0. The van der Waals surface area contributed by atoms with Crippen molar-refractivity contribution in [3.05, 3.63) is 82.8 Å². The van der Waals surface area contributed by atoms with Crippen molar-refractivity contribution in [1.29, 1.82) is 5.26 Å². The Morgan fingerprint density at radius 3 is 2.56 bits per heavy atom. The van der Waals surface area contributed by atoms with Crippen molar-refractivity contribution in [1.82, 2.24) is 4.90 Å². The minimum absolute atomic E-state index is 0.0380. The highest BCUT2D eigenvalue weighted by atomic mass is 16.6. The topological polar surface area (TPSA) is 73.6 Å². The van der Waals surface area contributed by atoms with E-state index < -0.39 is 12.0 Å². The lowest BCUT2D eigenvalue weighted by molar-refractivity contribution is 0.0700. The maximum absolute atomic E-state index is 12.9. The second-order valence-electron chi connectivity index (χ2n) is 5.67. The monoisotopic (exact) mass is 334 g/mol. The number of benzene rings is 2. The minimum Gasteiger partial charge on any atom is -0.480 e. The van der Waals surface area contributed by atoms with Crippen LogP contribution in [0.3, 0.4) is 0 Å². The number of amides is 1. The third-order valence-corrected chi connectivity index (χ3v) is 4.16. The van der Waals surface area contributed by atoms with Crippen molar-refractivity contribution in [2.75, 3.05) is 6.61 Å². The minimum atomic E-state index is -0.666. The van der Waals surface area contributed by atoms with Gasteiger partial charge in [0.15, 0.2) is 0 Å². The highest BCUT2D eigenvalue weighted by molar-refractivity contribution is 5.99. The Kier molecular flexibility index (Phi) is 4.71. The molecule has 0 radical (unpaired) electrons. The van der Waals surface area contributed by atoms with Crippen molar-refractivity contribution in [2.45, 2.75) is 19.5 Å². The molecule has 3 rings (SSSR count). The van der Waals surface area contributed by atoms with Crippen molar-refractivity contribution in [3.8, 4) is 6.07 Å². The van der Waals surface area contributed by atoms with Crippen molar-refractivity contribution in [2.24, 2.45) is 0 Å². The van der Waals surface area contributed by atoms with E-state index in [0.717, 1.165) is 5.56 Å². The molecule has 1 unspecified atom stereocenters. The van der Waals surface area contributed by atoms with Crippen LogP contribution in [-0.2, 0) is 11.3 Å². The second kappa shape index (κ2) is 7.10. The summed E-state index contributed by atoms with van der Waals surface area (Å²) in [6, 6.07) is 18.0. The predicted molar refractivity (Wildman–Crippen MR) is 92.4 cm³/mol. The molecule has 5 heteroatoms. The number of nitrogens with zero attached hydrogens (tertiary/aromatic N) is 2. The Labute approximate surface area is 146 Å². The van der Waals surface area contributed by atoms with E-state index in [1.54, 1.807) is 30.0 Å². The van der Waals surface area contributed by atoms with Crippen LogP contribution in [0, 0.1) is 11.3 Å². The quantitative estimate of drug-likeness (QED) is 0.668. The van der Waals surface area contributed by atoms with Crippen molar-refractivity contribution in [3.63, 3.8) is 0 Å². The fourth-order valence-corrected chi connectivity index (χ4v) is 3.07. The zero-order valence-electron chi connectivity index (χ0n) is 13.8. The van der Waals surface area contributed by atoms with Gasteiger partial charge in [0.2, 0.25) is 0 Å². The largest absolute Gasteiger partial charge is 0.480 e. The molecule has 25 heavy (non-hydrogen) atoms. The van der Waals surface area contributed by atoms with Gasteiger partial charge < -0.3 is 14.7 Å². The highest BCUT2D eigenvalue weighted by Crippen LogP contribution is 2.40. The normalized spacial score (nSPS) is 16.9. The van der Waals surface area contributed by atoms with E-state index in [4.69, 9.17) is 4.74 Å². The maximum atomic E-state index is 12.9. The van der Waals surface area contributed by atoms with Crippen LogP contribution in [0.5, 0.6) is 0 Å². The lowest BCUT2D eigenvalue weighted by Crippen LogP contribution is -2.29. The Morgan fingerprint density at radius 2 is 1.88 bits per heavy atom. The molecule has 0 bridgehead atoms. The molecule has 1 atom stereocenters. The Balaban J connectivity index is 2.08. The first-order valence-electron chi connectivity index (χ1n) is 8.07. The molecular weight excluding hydrogens is 316 g/mol. The summed E-state index contributed by atoms with van der Waals surface area (Å²) in [4.78, 5) is 14.5. The molecule has 0 fully saturated rings. The first-order valence-corrected chi connectivity index (χ1v) is 8.07. The average molecular weight is 334 g/mol. The molecule has 2 aromatic carbocycles. The van der Waals surface area contributed by atoms with Crippen LogP contribution in [0.25, 0.3) is 0 Å². The van der Waals surface area contributed by atoms with Crippen LogP contribution in [0.15, 0.2) is 66.1 Å². The summed E-state index contributed by atoms with van der Waals surface area (Å²) >= 11 is 0. The lowest BCUT2D eigenvalue weighted by Gasteiger charge is -2.25. The van der Waals surface area contributed by atoms with E-state index in [1.165, 1.54) is 0 Å². The zero-order valence-corrected chi connectivity index (χ0v) is 13.8. The summed E-state index contributed by atoms with van der Waals surface area (Å²) in [5.41, 5.74) is 2.23. The molecule has 1 heterocycles. The zero-order chi connectivity index (χ0) is 17.8. The number of fused-ring (bicyclic) bond motifs is 1. The molecule has 0 saturated carbocycles. The summed E-state index contributed by atoms with van der Waals surface area (Å²) in [5.74, 6) is -0.598. The first-order chi connectivity index (χ1) is 12.2. The number of carbonyl (C=O) groups excluding carboxylic acids is 1. The van der Waals surface area contributed by atoms with Crippen LogP contribution in [-0.4, -0.2) is 22.5 Å². The number of aliphatic hydroxyl groups excluding tert-OH is 1. The maximum Gasteiger partial charge on any atom is 0.293 e. The Morgan fingerprint density at radius 1 is 1.20 bits per heavy atom. The predicted octanol–water partition coefficient (Wildman–Crippen LogP) is 3.71. The van der Waals surface area contributed by atoms with Crippen LogP contribution in [0.4, 0.5) is 0 Å². The van der Waals surface area contributed by atoms with Gasteiger partial charge in [0, 0.05) is 12.1 Å². The number of hydrogen-bond acceptors (Lipinski definition) is 4. The van der Waals surface area contributed by atoms with Crippen LogP contribution in [0.2, 0.25) is 0 Å². The standard InChI is InChI=1S/C20H18N2O3/c1-2-25-20(24)17(12-21)18-15-10-6-7-11-16(15)19(23)22(18)13-14-8-4-3-5-9-14/h3-11,18,24H,2,13H2,1H3/b20-17-. The van der Waals surface area contributed by atoms with Gasteiger partial charge >= 0.3 is 0 Å². The van der Waals surface area contributed by atoms with E-state index in [1.807, 2.05) is 42.5 Å². The van der Waals surface area contributed by atoms with Crippen LogP contribution >= 0.6 is 0 Å². The summed E-state index contributed by atoms with van der Waals surface area (Å²) in [6.45, 7) is 2.29. The summed E-state index contributed by atoms with van der Waals surface area (Å²) in [6.07, 6.45) is 0. The van der Waals surface area contributed by atoms with Gasteiger partial charge in [0.1, 0.15) is 17.7 Å². The smallest absolute Gasteiger partial charge is 0.293 e. The Bertz CT molecular complexity index is 853. The molecule has 0 aromatic heterocycles. The van der Waals surface area contributed by atoms with Crippen LogP contribution < -0.4 is 0 Å². The van der Waals surface area contributed by atoms with Gasteiger partial charge in [-0.15, -0.1) is 0 Å². The Hall–Kier alpha value is -3.26. The van der Waals surface area contributed by atoms with E-state index in [0.29, 0.717) is 17.7 Å². The number of hydrogen-bond donors (Lipinski definition) is 1. The molecule has 0 saturated heterocycles. The molecule has 5 nitrogen and oxygen atoms in total. The fraction of sp³-hybridized carbons (Fsp3) is 0.200. The third-order valence-electron chi connectivity index (χ3n) is 4.16. The van der Waals surface area contributed by atoms with Crippen molar-refractivity contribution < 1.29 is 14.6 Å². The molecule has 0 spiro atoms. The number of aliphatic hydroxyl groups is 1. The summed E-state index contributed by atoms with van der Waals surface area (Å²) in [5, 5.41) is 19.8. The van der Waals surface area contributed by atoms with E-state index in [2.05, 4.69) is 0 Å². The number of nitriles is 1. The van der Waals surface area contributed by atoms with Crippen LogP contribution in [0.1, 0.15) is 34.5 Å². The number of carbonyl (C=O) groups is 1. The number of rotatable bonds is 5. The molecule has 2 aromatic rings. The second-order valence-corrected chi connectivity index (χ2v) is 5.67. The number of ether oxygens (including phenoxy) is 1. The first kappa shape index (κ1) is 16.6. The third kappa shape index (κ3) is 3.07. The fourth-order valence-electron chi connectivity index (χ4n) is 3.07. The van der Waals surface area contributed by atoms with Gasteiger partial charge in [0.05, 0.1) is 6.61 Å². The van der Waals surface area contributed by atoms with E-state index in [9.17, 15) is 15.2 Å². The molecule has 126 valence electrons. The molecule has 1 aliphatic heterocycles. The van der Waals surface area contributed by atoms with Gasteiger partial charge in [-0.25, -0.2) is 0 Å². The van der Waals surface area contributed by atoms with E-state index in [-0.39, 0.29) is 18.1 Å². The highest BCUT2D eigenvalue weighted by Gasteiger charge is 2.40.